The number of ketones is 1. The Kier molecular flexibility index (Phi) is 2.43. The first-order valence-electron chi connectivity index (χ1n) is 10.3. The van der Waals surface area contributed by atoms with Crippen LogP contribution in [0, 0.1) is 52.3 Å². The summed E-state index contributed by atoms with van der Waals surface area (Å²) in [6.45, 7) is 4.60. The number of aliphatic hydroxyl groups excluding tert-OH is 1. The lowest BCUT2D eigenvalue weighted by atomic mass is 9.43. The zero-order valence-corrected chi connectivity index (χ0v) is 14.9. The second-order valence-electron chi connectivity index (χ2n) is 10.8. The lowest BCUT2D eigenvalue weighted by Gasteiger charge is -2.63. The van der Waals surface area contributed by atoms with E-state index in [1.807, 2.05) is 0 Å². The Morgan fingerprint density at radius 2 is 1.83 bits per heavy atom. The fraction of sp³-hybridized carbons (Fsp3) is 0.952. The van der Waals surface area contributed by atoms with Gasteiger partial charge in [0.1, 0.15) is 5.78 Å². The predicted molar refractivity (Wildman–Crippen MR) is 88.9 cm³/mol. The van der Waals surface area contributed by atoms with Crippen LogP contribution in [-0.4, -0.2) is 27.7 Å². The van der Waals surface area contributed by atoms with E-state index in [9.17, 15) is 15.0 Å². The highest BCUT2D eigenvalue weighted by atomic mass is 16.3. The van der Waals surface area contributed by atoms with Crippen molar-refractivity contribution in [3.8, 4) is 0 Å². The van der Waals surface area contributed by atoms with Crippen LogP contribution in [0.3, 0.4) is 0 Å². The lowest BCUT2D eigenvalue weighted by Crippen LogP contribution is -2.64. The van der Waals surface area contributed by atoms with Crippen molar-refractivity contribution in [2.75, 3.05) is 0 Å². The number of rotatable bonds is 0. The first kappa shape index (κ1) is 14.7. The van der Waals surface area contributed by atoms with E-state index < -0.39 is 5.60 Å². The average Bonchev–Trinajstić information content (AvgIpc) is 3.41. The maximum absolute atomic E-state index is 12.9. The topological polar surface area (TPSA) is 57.5 Å². The monoisotopic (exact) mass is 330 g/mol. The fourth-order valence-electron chi connectivity index (χ4n) is 8.83. The summed E-state index contributed by atoms with van der Waals surface area (Å²) >= 11 is 0. The minimum absolute atomic E-state index is 0.0497. The van der Waals surface area contributed by atoms with Crippen molar-refractivity contribution in [3.63, 3.8) is 0 Å². The van der Waals surface area contributed by atoms with Crippen LogP contribution in [0.5, 0.6) is 0 Å². The predicted octanol–water partition coefficient (Wildman–Crippen LogP) is 2.79. The molecule has 11 atom stereocenters. The number of aliphatic hydroxyl groups is 2. The summed E-state index contributed by atoms with van der Waals surface area (Å²) < 4.78 is 0. The van der Waals surface area contributed by atoms with Gasteiger partial charge in [-0.3, -0.25) is 4.79 Å². The van der Waals surface area contributed by atoms with Gasteiger partial charge >= 0.3 is 0 Å². The number of carbonyl (C=O) groups is 1. The van der Waals surface area contributed by atoms with E-state index in [4.69, 9.17) is 0 Å². The highest BCUT2D eigenvalue weighted by molar-refractivity contribution is 5.92. The highest BCUT2D eigenvalue weighted by Crippen LogP contribution is 2.78. The van der Waals surface area contributed by atoms with E-state index in [1.165, 1.54) is 0 Å². The van der Waals surface area contributed by atoms with E-state index in [-0.39, 0.29) is 16.9 Å². The molecule has 6 saturated carbocycles. The van der Waals surface area contributed by atoms with Crippen LogP contribution in [0.25, 0.3) is 0 Å². The summed E-state index contributed by atoms with van der Waals surface area (Å²) in [4.78, 5) is 12.9. The molecule has 0 aromatic rings. The van der Waals surface area contributed by atoms with Gasteiger partial charge in [0.25, 0.3) is 0 Å². The molecule has 6 aliphatic carbocycles. The molecule has 0 spiro atoms. The third kappa shape index (κ3) is 1.37. The zero-order chi connectivity index (χ0) is 16.6. The lowest BCUT2D eigenvalue weighted by molar-refractivity contribution is -0.225. The molecule has 6 fully saturated rings. The van der Waals surface area contributed by atoms with Gasteiger partial charge in [0, 0.05) is 17.8 Å². The van der Waals surface area contributed by atoms with Crippen molar-refractivity contribution in [3.05, 3.63) is 0 Å². The van der Waals surface area contributed by atoms with Crippen LogP contribution in [-0.2, 0) is 4.79 Å². The minimum Gasteiger partial charge on any atom is -0.393 e. The Balaban J connectivity index is 1.45. The second-order valence-corrected chi connectivity index (χ2v) is 10.8. The van der Waals surface area contributed by atoms with E-state index in [0.29, 0.717) is 53.6 Å². The van der Waals surface area contributed by atoms with Crippen molar-refractivity contribution < 1.29 is 15.0 Å². The molecule has 0 radical (unpaired) electrons. The average molecular weight is 330 g/mol. The van der Waals surface area contributed by atoms with Crippen molar-refractivity contribution in [2.24, 2.45) is 52.3 Å². The fourth-order valence-corrected chi connectivity index (χ4v) is 8.83. The molecule has 0 heterocycles. The van der Waals surface area contributed by atoms with Gasteiger partial charge in [-0.05, 0) is 79.4 Å². The number of hydrogen-bond acceptors (Lipinski definition) is 3. The summed E-state index contributed by atoms with van der Waals surface area (Å²) in [5, 5.41) is 21.9. The van der Waals surface area contributed by atoms with Crippen molar-refractivity contribution >= 4 is 5.78 Å². The van der Waals surface area contributed by atoms with Gasteiger partial charge in [-0.1, -0.05) is 13.8 Å². The minimum atomic E-state index is -0.657. The molecule has 3 heteroatoms. The molecule has 132 valence electrons. The van der Waals surface area contributed by atoms with Crippen LogP contribution in [0.1, 0.15) is 58.8 Å². The standard InChI is InChI=1S/C21H30O3/c1-19-5-4-14-16(17(19)11-7-12(11)18(19)23)13-8-15(13)21(24)9-10(22)3-6-20(14,21)2/h10-17,22,24H,3-9H2,1-2H3/t10-,11+,12-,13?,14?,15+,16?,17?,19-,20+,21+/m0/s1. The van der Waals surface area contributed by atoms with Crippen molar-refractivity contribution in [2.45, 2.75) is 70.5 Å². The SMILES string of the molecule is C[C@]12CCC3C(C4C[C@H]4[C@]4(O)C[C@@H](O)CC[C@]34C)C1[C@@H]1C[C@@H]1C2=O. The number of fused-ring (bicyclic) bond motifs is 10. The Morgan fingerprint density at radius 1 is 1.04 bits per heavy atom. The van der Waals surface area contributed by atoms with Gasteiger partial charge in [0.05, 0.1) is 11.7 Å². The molecular weight excluding hydrogens is 300 g/mol. The van der Waals surface area contributed by atoms with Gasteiger partial charge in [0.15, 0.2) is 0 Å². The van der Waals surface area contributed by atoms with Crippen LogP contribution in [0.4, 0.5) is 0 Å². The zero-order valence-electron chi connectivity index (χ0n) is 14.9. The first-order valence-corrected chi connectivity index (χ1v) is 10.3. The molecule has 0 aromatic heterocycles. The highest BCUT2D eigenvalue weighted by Gasteiger charge is 2.78. The van der Waals surface area contributed by atoms with Crippen LogP contribution >= 0.6 is 0 Å². The molecule has 0 bridgehead atoms. The Labute approximate surface area is 144 Å². The molecule has 4 unspecified atom stereocenters. The molecule has 0 aliphatic heterocycles. The third-order valence-corrected chi connectivity index (χ3v) is 10.1. The normalized spacial score (nSPS) is 69.1. The first-order chi connectivity index (χ1) is 11.3. The van der Waals surface area contributed by atoms with Gasteiger partial charge in [-0.15, -0.1) is 0 Å². The van der Waals surface area contributed by atoms with Crippen molar-refractivity contribution in [1.29, 1.82) is 0 Å². The second kappa shape index (κ2) is 3.96. The summed E-state index contributed by atoms with van der Waals surface area (Å²) in [6.07, 6.45) is 6.50. The molecule has 0 aromatic carbocycles. The van der Waals surface area contributed by atoms with Gasteiger partial charge in [-0.2, -0.15) is 0 Å². The molecule has 6 aliphatic rings. The van der Waals surface area contributed by atoms with Crippen LogP contribution < -0.4 is 0 Å². The smallest absolute Gasteiger partial charge is 0.142 e. The number of hydrogen-bond donors (Lipinski definition) is 2. The maximum Gasteiger partial charge on any atom is 0.142 e. The Morgan fingerprint density at radius 3 is 2.62 bits per heavy atom. The molecule has 3 nitrogen and oxygen atoms in total. The Bertz CT molecular complexity index is 645. The molecule has 2 N–H and O–H groups in total. The Hall–Kier alpha value is -0.410. The molecule has 0 amide bonds. The molecular formula is C21H30O3. The van der Waals surface area contributed by atoms with Crippen LogP contribution in [0.15, 0.2) is 0 Å². The summed E-state index contributed by atoms with van der Waals surface area (Å²) in [7, 11) is 0. The summed E-state index contributed by atoms with van der Waals surface area (Å²) in [5.74, 6) is 4.46. The maximum atomic E-state index is 12.9. The van der Waals surface area contributed by atoms with E-state index >= 15 is 0 Å². The van der Waals surface area contributed by atoms with Gasteiger partial charge in [0.2, 0.25) is 0 Å². The van der Waals surface area contributed by atoms with E-state index in [2.05, 4.69) is 13.8 Å². The van der Waals surface area contributed by atoms with E-state index in [1.54, 1.807) is 0 Å². The molecule has 6 rings (SSSR count). The number of carbonyl (C=O) groups excluding carboxylic acids is 1. The largest absolute Gasteiger partial charge is 0.393 e. The van der Waals surface area contributed by atoms with Crippen molar-refractivity contribution in [1.82, 2.24) is 0 Å². The summed E-state index contributed by atoms with van der Waals surface area (Å²) in [6, 6.07) is 0. The summed E-state index contributed by atoms with van der Waals surface area (Å²) in [5.41, 5.74) is -0.760. The third-order valence-electron chi connectivity index (χ3n) is 10.1. The quantitative estimate of drug-likeness (QED) is 0.718. The van der Waals surface area contributed by atoms with Gasteiger partial charge < -0.3 is 10.2 Å². The number of Topliss-reactive ketones (excluding diaryl/α,β-unsaturated/α-hetero) is 1. The van der Waals surface area contributed by atoms with Gasteiger partial charge in [-0.25, -0.2) is 0 Å². The van der Waals surface area contributed by atoms with E-state index in [0.717, 1.165) is 38.5 Å². The molecule has 24 heavy (non-hydrogen) atoms. The van der Waals surface area contributed by atoms with Crippen LogP contribution in [0.2, 0.25) is 0 Å². The molecule has 0 saturated heterocycles.